The molecule has 1 aromatic carbocycles. The molecule has 0 fully saturated rings. The van der Waals surface area contributed by atoms with Gasteiger partial charge in [0.25, 0.3) is 5.56 Å². The summed E-state index contributed by atoms with van der Waals surface area (Å²) < 4.78 is 0.546. The number of nitrogens with one attached hydrogen (secondary N) is 1. The molecule has 4 heteroatoms. The second-order valence-electron chi connectivity index (χ2n) is 5.18. The Bertz CT molecular complexity index is 704. The number of nitrogens with zero attached hydrogens (tertiary/aromatic N) is 1. The lowest BCUT2D eigenvalue weighted by atomic mass is 10.0. The van der Waals surface area contributed by atoms with Crippen molar-refractivity contribution in [3.8, 4) is 11.4 Å². The zero-order valence-corrected chi connectivity index (χ0v) is 13.9. The lowest BCUT2D eigenvalue weighted by molar-refractivity contribution is 0.860. The minimum absolute atomic E-state index is 0.115. The van der Waals surface area contributed by atoms with E-state index in [-0.39, 0.29) is 5.56 Å². The summed E-state index contributed by atoms with van der Waals surface area (Å²) in [5.74, 6) is 0.655. The molecule has 1 heterocycles. The van der Waals surface area contributed by atoms with Gasteiger partial charge >= 0.3 is 0 Å². The van der Waals surface area contributed by atoms with Crippen LogP contribution in [-0.2, 0) is 6.42 Å². The van der Waals surface area contributed by atoms with Crippen LogP contribution >= 0.6 is 15.9 Å². The highest BCUT2D eigenvalue weighted by Gasteiger charge is 2.12. The van der Waals surface area contributed by atoms with Crippen LogP contribution in [0.4, 0.5) is 0 Å². The second kappa shape index (κ2) is 5.92. The summed E-state index contributed by atoms with van der Waals surface area (Å²) in [5.41, 5.74) is 5.28. The van der Waals surface area contributed by atoms with E-state index in [0.29, 0.717) is 10.3 Å². The molecule has 0 spiro atoms. The molecule has 0 saturated heterocycles. The summed E-state index contributed by atoms with van der Waals surface area (Å²) in [4.78, 5) is 19.5. The SMILES string of the molecule is CCCc1nc(-c2cc(C)c(C)cc2C)[nH]c(=O)c1Br. The highest BCUT2D eigenvalue weighted by Crippen LogP contribution is 2.24. The van der Waals surface area contributed by atoms with Crippen molar-refractivity contribution >= 4 is 15.9 Å². The molecule has 0 aliphatic rings. The zero-order valence-electron chi connectivity index (χ0n) is 12.3. The molecule has 1 aromatic heterocycles. The number of hydrogen-bond acceptors (Lipinski definition) is 2. The van der Waals surface area contributed by atoms with E-state index in [9.17, 15) is 4.79 Å². The molecule has 2 rings (SSSR count). The van der Waals surface area contributed by atoms with E-state index >= 15 is 0 Å². The molecule has 0 bridgehead atoms. The molecule has 106 valence electrons. The molecule has 2 aromatic rings. The smallest absolute Gasteiger partial charge is 0.265 e. The topological polar surface area (TPSA) is 45.8 Å². The second-order valence-corrected chi connectivity index (χ2v) is 5.97. The van der Waals surface area contributed by atoms with Crippen molar-refractivity contribution in [1.82, 2.24) is 9.97 Å². The summed E-state index contributed by atoms with van der Waals surface area (Å²) in [7, 11) is 0. The summed E-state index contributed by atoms with van der Waals surface area (Å²) in [6.45, 7) is 8.29. The van der Waals surface area contributed by atoms with E-state index in [0.717, 1.165) is 29.7 Å². The predicted octanol–water partition coefficient (Wildman–Crippen LogP) is 4.08. The first-order chi connectivity index (χ1) is 9.43. The van der Waals surface area contributed by atoms with E-state index in [4.69, 9.17) is 0 Å². The van der Waals surface area contributed by atoms with E-state index < -0.39 is 0 Å². The first-order valence-electron chi connectivity index (χ1n) is 6.81. The zero-order chi connectivity index (χ0) is 14.9. The average Bonchev–Trinajstić information content (AvgIpc) is 2.39. The molecular formula is C16H19BrN2O. The molecule has 0 aliphatic carbocycles. The van der Waals surface area contributed by atoms with Crippen LogP contribution in [0.15, 0.2) is 21.4 Å². The Balaban J connectivity index is 2.64. The Kier molecular flexibility index (Phi) is 4.43. The highest BCUT2D eigenvalue weighted by molar-refractivity contribution is 9.10. The van der Waals surface area contributed by atoms with Gasteiger partial charge in [-0.15, -0.1) is 0 Å². The number of benzene rings is 1. The van der Waals surface area contributed by atoms with Crippen LogP contribution in [0.5, 0.6) is 0 Å². The van der Waals surface area contributed by atoms with Crippen molar-refractivity contribution in [2.45, 2.75) is 40.5 Å². The molecule has 0 amide bonds. The van der Waals surface area contributed by atoms with Gasteiger partial charge in [0.1, 0.15) is 10.3 Å². The molecule has 0 saturated carbocycles. The molecule has 0 aliphatic heterocycles. The number of halogens is 1. The lowest BCUT2D eigenvalue weighted by Crippen LogP contribution is -2.14. The van der Waals surface area contributed by atoms with Crippen LogP contribution in [0.1, 0.15) is 35.7 Å². The first kappa shape index (κ1) is 15.0. The number of aromatic nitrogens is 2. The first-order valence-corrected chi connectivity index (χ1v) is 7.60. The Hall–Kier alpha value is -1.42. The normalized spacial score (nSPS) is 10.8. The quantitative estimate of drug-likeness (QED) is 0.919. The number of hydrogen-bond donors (Lipinski definition) is 1. The van der Waals surface area contributed by atoms with Gasteiger partial charge in [0.2, 0.25) is 0 Å². The highest BCUT2D eigenvalue weighted by atomic mass is 79.9. The number of rotatable bonds is 3. The minimum Gasteiger partial charge on any atom is -0.306 e. The van der Waals surface area contributed by atoms with Gasteiger partial charge in [-0.25, -0.2) is 4.98 Å². The van der Waals surface area contributed by atoms with Gasteiger partial charge in [-0.1, -0.05) is 19.4 Å². The third-order valence-corrected chi connectivity index (χ3v) is 4.33. The van der Waals surface area contributed by atoms with Gasteiger partial charge in [0.05, 0.1) is 5.69 Å². The fourth-order valence-corrected chi connectivity index (χ4v) is 2.64. The van der Waals surface area contributed by atoms with Crippen LogP contribution in [0.25, 0.3) is 11.4 Å². The molecule has 0 atom stereocenters. The van der Waals surface area contributed by atoms with Crippen LogP contribution in [0, 0.1) is 20.8 Å². The maximum absolute atomic E-state index is 12.0. The van der Waals surface area contributed by atoms with Gasteiger partial charge in [0, 0.05) is 5.56 Å². The van der Waals surface area contributed by atoms with Crippen molar-refractivity contribution < 1.29 is 0 Å². The monoisotopic (exact) mass is 334 g/mol. The lowest BCUT2D eigenvalue weighted by Gasteiger charge is -2.11. The molecule has 0 unspecified atom stereocenters. The van der Waals surface area contributed by atoms with E-state index in [2.05, 4.69) is 58.8 Å². The van der Waals surface area contributed by atoms with Crippen LogP contribution in [0.2, 0.25) is 0 Å². The Labute approximate surface area is 127 Å². The number of aromatic amines is 1. The third-order valence-electron chi connectivity index (χ3n) is 3.51. The molecule has 3 nitrogen and oxygen atoms in total. The van der Waals surface area contributed by atoms with Crippen LogP contribution < -0.4 is 5.56 Å². The molecular weight excluding hydrogens is 316 g/mol. The maximum Gasteiger partial charge on any atom is 0.265 e. The van der Waals surface area contributed by atoms with Gasteiger partial charge in [0.15, 0.2) is 0 Å². The van der Waals surface area contributed by atoms with Crippen molar-refractivity contribution in [3.63, 3.8) is 0 Å². The largest absolute Gasteiger partial charge is 0.306 e. The third kappa shape index (κ3) is 2.85. The predicted molar refractivity (Wildman–Crippen MR) is 86.2 cm³/mol. The number of H-pyrrole nitrogens is 1. The van der Waals surface area contributed by atoms with Crippen molar-refractivity contribution in [2.75, 3.05) is 0 Å². The summed E-state index contributed by atoms with van der Waals surface area (Å²) in [6.07, 6.45) is 1.75. The van der Waals surface area contributed by atoms with Crippen molar-refractivity contribution in [2.24, 2.45) is 0 Å². The van der Waals surface area contributed by atoms with Crippen molar-refractivity contribution in [1.29, 1.82) is 0 Å². The Morgan fingerprint density at radius 3 is 2.45 bits per heavy atom. The Morgan fingerprint density at radius 1 is 1.15 bits per heavy atom. The minimum atomic E-state index is -0.115. The summed E-state index contributed by atoms with van der Waals surface area (Å²) >= 11 is 3.33. The van der Waals surface area contributed by atoms with Crippen LogP contribution in [0.3, 0.4) is 0 Å². The van der Waals surface area contributed by atoms with E-state index in [1.165, 1.54) is 11.1 Å². The van der Waals surface area contributed by atoms with Crippen LogP contribution in [-0.4, -0.2) is 9.97 Å². The summed E-state index contributed by atoms with van der Waals surface area (Å²) in [5, 5.41) is 0. The summed E-state index contributed by atoms with van der Waals surface area (Å²) in [6, 6.07) is 4.22. The van der Waals surface area contributed by atoms with Gasteiger partial charge < -0.3 is 4.98 Å². The molecule has 0 radical (unpaired) electrons. The average molecular weight is 335 g/mol. The van der Waals surface area contributed by atoms with Gasteiger partial charge in [-0.05, 0) is 65.9 Å². The standard InChI is InChI=1S/C16H19BrN2O/c1-5-6-13-14(17)16(20)19-15(18-13)12-8-10(3)9(2)7-11(12)4/h7-8H,5-6H2,1-4H3,(H,18,19,20). The molecule has 20 heavy (non-hydrogen) atoms. The van der Waals surface area contributed by atoms with Gasteiger partial charge in [-0.3, -0.25) is 4.79 Å². The molecule has 1 N–H and O–H groups in total. The van der Waals surface area contributed by atoms with Gasteiger partial charge in [-0.2, -0.15) is 0 Å². The number of aryl methyl sites for hydroxylation is 4. The Morgan fingerprint density at radius 2 is 1.80 bits per heavy atom. The van der Waals surface area contributed by atoms with E-state index in [1.807, 2.05) is 6.92 Å². The fourth-order valence-electron chi connectivity index (χ4n) is 2.25. The van der Waals surface area contributed by atoms with E-state index in [1.54, 1.807) is 0 Å². The maximum atomic E-state index is 12.0. The van der Waals surface area contributed by atoms with Crippen molar-refractivity contribution in [3.05, 3.63) is 49.3 Å². The fraction of sp³-hybridized carbons (Fsp3) is 0.375.